The number of hydrogen-bond donors (Lipinski definition) is 0. The summed E-state index contributed by atoms with van der Waals surface area (Å²) in [7, 11) is 0. The second-order valence-corrected chi connectivity index (χ2v) is 3.16. The summed E-state index contributed by atoms with van der Waals surface area (Å²) in [5, 5.41) is 0. The topological polar surface area (TPSA) is 26.3 Å². The molecule has 0 radical (unpaired) electrons. The Bertz CT molecular complexity index is 402. The molecule has 0 saturated carbocycles. The SMILES string of the molecule is CCOc1cc(F)cc(C(F)F)c1C(C)=O. The second-order valence-electron chi connectivity index (χ2n) is 3.16. The zero-order valence-corrected chi connectivity index (χ0v) is 8.89. The normalized spacial score (nSPS) is 10.6. The van der Waals surface area contributed by atoms with Crippen molar-refractivity contribution in [2.75, 3.05) is 6.61 Å². The number of benzene rings is 1. The maximum Gasteiger partial charge on any atom is 0.264 e. The molecule has 0 aliphatic rings. The number of ketones is 1. The first-order valence-corrected chi connectivity index (χ1v) is 4.72. The molecule has 0 fully saturated rings. The number of halogens is 3. The van der Waals surface area contributed by atoms with E-state index in [-0.39, 0.29) is 17.9 Å². The van der Waals surface area contributed by atoms with E-state index in [2.05, 4.69) is 0 Å². The Balaban J connectivity index is 3.41. The molecule has 0 N–H and O–H groups in total. The van der Waals surface area contributed by atoms with Crippen molar-refractivity contribution < 1.29 is 22.7 Å². The van der Waals surface area contributed by atoms with Gasteiger partial charge in [-0.3, -0.25) is 4.79 Å². The molecule has 88 valence electrons. The summed E-state index contributed by atoms with van der Waals surface area (Å²) < 4.78 is 43.2. The lowest BCUT2D eigenvalue weighted by atomic mass is 10.0. The van der Waals surface area contributed by atoms with Crippen molar-refractivity contribution in [3.63, 3.8) is 0 Å². The monoisotopic (exact) mass is 232 g/mol. The maximum absolute atomic E-state index is 13.0. The third-order valence-corrected chi connectivity index (χ3v) is 1.98. The Morgan fingerprint density at radius 3 is 2.50 bits per heavy atom. The van der Waals surface area contributed by atoms with E-state index in [9.17, 15) is 18.0 Å². The van der Waals surface area contributed by atoms with Crippen LogP contribution in [0.2, 0.25) is 0 Å². The molecule has 0 saturated heterocycles. The summed E-state index contributed by atoms with van der Waals surface area (Å²) in [5.74, 6) is -1.55. The van der Waals surface area contributed by atoms with Crippen molar-refractivity contribution in [3.8, 4) is 5.75 Å². The van der Waals surface area contributed by atoms with Crippen molar-refractivity contribution in [1.29, 1.82) is 0 Å². The van der Waals surface area contributed by atoms with E-state index in [0.29, 0.717) is 6.07 Å². The van der Waals surface area contributed by atoms with E-state index in [1.165, 1.54) is 0 Å². The van der Waals surface area contributed by atoms with Crippen LogP contribution in [0, 0.1) is 5.82 Å². The van der Waals surface area contributed by atoms with Gasteiger partial charge < -0.3 is 4.74 Å². The molecule has 0 aromatic heterocycles. The minimum atomic E-state index is -2.91. The molecule has 0 heterocycles. The molecule has 0 atom stereocenters. The summed E-state index contributed by atoms with van der Waals surface area (Å²) in [6.07, 6.45) is -2.91. The Labute approximate surface area is 91.0 Å². The lowest BCUT2D eigenvalue weighted by Gasteiger charge is -2.12. The van der Waals surface area contributed by atoms with Crippen molar-refractivity contribution in [3.05, 3.63) is 29.1 Å². The van der Waals surface area contributed by atoms with Gasteiger partial charge >= 0.3 is 0 Å². The van der Waals surface area contributed by atoms with Gasteiger partial charge in [-0.15, -0.1) is 0 Å². The standard InChI is InChI=1S/C11H11F3O2/c1-3-16-9-5-7(12)4-8(11(13)14)10(9)6(2)15/h4-5,11H,3H2,1-2H3. The highest BCUT2D eigenvalue weighted by Crippen LogP contribution is 2.31. The van der Waals surface area contributed by atoms with Crippen LogP contribution in [0.4, 0.5) is 13.2 Å². The molecular weight excluding hydrogens is 221 g/mol. The predicted octanol–water partition coefficient (Wildman–Crippen LogP) is 3.36. The summed E-state index contributed by atoms with van der Waals surface area (Å²) >= 11 is 0. The lowest BCUT2D eigenvalue weighted by molar-refractivity contribution is 0.0994. The van der Waals surface area contributed by atoms with E-state index in [1.807, 2.05) is 0 Å². The largest absolute Gasteiger partial charge is 0.493 e. The van der Waals surface area contributed by atoms with E-state index < -0.39 is 23.6 Å². The highest BCUT2D eigenvalue weighted by atomic mass is 19.3. The quantitative estimate of drug-likeness (QED) is 0.744. The number of carbonyl (C=O) groups excluding carboxylic acids is 1. The van der Waals surface area contributed by atoms with Crippen molar-refractivity contribution in [1.82, 2.24) is 0 Å². The van der Waals surface area contributed by atoms with Gasteiger partial charge in [-0.25, -0.2) is 13.2 Å². The van der Waals surface area contributed by atoms with E-state index in [4.69, 9.17) is 4.74 Å². The fourth-order valence-electron chi connectivity index (χ4n) is 1.42. The molecule has 0 aliphatic heterocycles. The Kier molecular flexibility index (Phi) is 3.93. The fraction of sp³-hybridized carbons (Fsp3) is 0.364. The molecule has 5 heteroatoms. The second kappa shape index (κ2) is 5.01. The van der Waals surface area contributed by atoms with Crippen LogP contribution < -0.4 is 4.74 Å². The molecule has 16 heavy (non-hydrogen) atoms. The average molecular weight is 232 g/mol. The first kappa shape index (κ1) is 12.5. The molecule has 1 aromatic carbocycles. The first-order valence-electron chi connectivity index (χ1n) is 4.72. The number of ether oxygens (including phenoxy) is 1. The third kappa shape index (κ3) is 2.53. The van der Waals surface area contributed by atoms with Crippen LogP contribution in [0.25, 0.3) is 0 Å². The number of alkyl halides is 2. The number of hydrogen-bond acceptors (Lipinski definition) is 2. The van der Waals surface area contributed by atoms with E-state index in [0.717, 1.165) is 13.0 Å². The van der Waals surface area contributed by atoms with Crippen LogP contribution in [-0.2, 0) is 0 Å². The van der Waals surface area contributed by atoms with Gasteiger partial charge in [0.2, 0.25) is 0 Å². The Morgan fingerprint density at radius 1 is 1.44 bits per heavy atom. The van der Waals surface area contributed by atoms with Gasteiger partial charge in [-0.2, -0.15) is 0 Å². The summed E-state index contributed by atoms with van der Waals surface area (Å²) in [4.78, 5) is 11.2. The van der Waals surface area contributed by atoms with Gasteiger partial charge in [0.15, 0.2) is 5.78 Å². The highest BCUT2D eigenvalue weighted by molar-refractivity contribution is 5.98. The maximum atomic E-state index is 13.0. The van der Waals surface area contributed by atoms with Crippen LogP contribution in [0.3, 0.4) is 0 Å². The molecule has 0 bridgehead atoms. The lowest BCUT2D eigenvalue weighted by Crippen LogP contribution is -2.06. The molecular formula is C11H11F3O2. The van der Waals surface area contributed by atoms with Crippen LogP contribution in [0.1, 0.15) is 36.2 Å². The molecule has 0 aliphatic carbocycles. The zero-order chi connectivity index (χ0) is 12.3. The van der Waals surface area contributed by atoms with Crippen LogP contribution in [0.5, 0.6) is 5.75 Å². The highest BCUT2D eigenvalue weighted by Gasteiger charge is 2.22. The first-order chi connectivity index (χ1) is 7.47. The van der Waals surface area contributed by atoms with Crippen molar-refractivity contribution in [2.45, 2.75) is 20.3 Å². The van der Waals surface area contributed by atoms with Crippen LogP contribution in [0.15, 0.2) is 12.1 Å². The summed E-state index contributed by atoms with van der Waals surface area (Å²) in [6.45, 7) is 2.94. The number of carbonyl (C=O) groups is 1. The smallest absolute Gasteiger partial charge is 0.264 e. The predicted molar refractivity (Wildman–Crippen MR) is 52.5 cm³/mol. The third-order valence-electron chi connectivity index (χ3n) is 1.98. The molecule has 0 spiro atoms. The molecule has 2 nitrogen and oxygen atoms in total. The molecule has 1 aromatic rings. The Morgan fingerprint density at radius 2 is 2.06 bits per heavy atom. The van der Waals surface area contributed by atoms with Crippen molar-refractivity contribution >= 4 is 5.78 Å². The van der Waals surface area contributed by atoms with Gasteiger partial charge in [0.1, 0.15) is 11.6 Å². The zero-order valence-electron chi connectivity index (χ0n) is 8.89. The molecule has 0 amide bonds. The summed E-state index contributed by atoms with van der Waals surface area (Å²) in [6, 6.07) is 1.59. The Hall–Kier alpha value is -1.52. The van der Waals surface area contributed by atoms with Gasteiger partial charge in [-0.05, 0) is 19.9 Å². The van der Waals surface area contributed by atoms with Crippen LogP contribution >= 0.6 is 0 Å². The van der Waals surface area contributed by atoms with Crippen molar-refractivity contribution in [2.24, 2.45) is 0 Å². The van der Waals surface area contributed by atoms with E-state index >= 15 is 0 Å². The average Bonchev–Trinajstić information content (AvgIpc) is 2.16. The number of rotatable bonds is 4. The molecule has 0 unspecified atom stereocenters. The minimum Gasteiger partial charge on any atom is -0.493 e. The van der Waals surface area contributed by atoms with Gasteiger partial charge in [0, 0.05) is 11.6 Å². The molecule has 1 rings (SSSR count). The van der Waals surface area contributed by atoms with Gasteiger partial charge in [0.05, 0.1) is 12.2 Å². The minimum absolute atomic E-state index is 0.134. The number of Topliss-reactive ketones (excluding diaryl/α,β-unsaturated/α-hetero) is 1. The summed E-state index contributed by atoms with van der Waals surface area (Å²) in [5.41, 5.74) is -0.880. The van der Waals surface area contributed by atoms with Gasteiger partial charge in [-0.1, -0.05) is 0 Å². The van der Waals surface area contributed by atoms with E-state index in [1.54, 1.807) is 6.92 Å². The fourth-order valence-corrected chi connectivity index (χ4v) is 1.42. The van der Waals surface area contributed by atoms with Gasteiger partial charge in [0.25, 0.3) is 6.43 Å². The van der Waals surface area contributed by atoms with Crippen LogP contribution in [-0.4, -0.2) is 12.4 Å².